The zero-order valence-electron chi connectivity index (χ0n) is 9.60. The van der Waals surface area contributed by atoms with Gasteiger partial charge in [-0.1, -0.05) is 12.1 Å². The molecule has 1 N–H and O–H groups in total. The number of hydrogen-bond acceptors (Lipinski definition) is 3. The van der Waals surface area contributed by atoms with Crippen molar-refractivity contribution in [2.45, 2.75) is 13.0 Å². The topological polar surface area (TPSA) is 34.1 Å². The minimum atomic E-state index is 0.288. The van der Waals surface area contributed by atoms with Crippen LogP contribution in [0.2, 0.25) is 0 Å². The van der Waals surface area contributed by atoms with E-state index in [0.29, 0.717) is 6.61 Å². The summed E-state index contributed by atoms with van der Waals surface area (Å²) in [6.07, 6.45) is 3.70. The largest absolute Gasteiger partial charge is 0.383 e. The fourth-order valence-corrected chi connectivity index (χ4v) is 1.80. The number of fused-ring (bicyclic) bond motifs is 1. The van der Waals surface area contributed by atoms with Gasteiger partial charge in [0.15, 0.2) is 0 Å². The van der Waals surface area contributed by atoms with Gasteiger partial charge in [0.25, 0.3) is 0 Å². The first-order chi connectivity index (χ1) is 7.81. The molecule has 0 saturated heterocycles. The summed E-state index contributed by atoms with van der Waals surface area (Å²) in [5, 5.41) is 5.77. The minimum Gasteiger partial charge on any atom is -0.383 e. The number of nitrogens with one attached hydrogen (secondary N) is 1. The van der Waals surface area contributed by atoms with Crippen molar-refractivity contribution in [2.24, 2.45) is 0 Å². The van der Waals surface area contributed by atoms with Crippen LogP contribution in [-0.2, 0) is 4.74 Å². The first kappa shape index (κ1) is 10.9. The van der Waals surface area contributed by atoms with Crippen LogP contribution in [0.5, 0.6) is 0 Å². The van der Waals surface area contributed by atoms with Crippen molar-refractivity contribution in [3.63, 3.8) is 0 Å². The zero-order chi connectivity index (χ0) is 11.4. The van der Waals surface area contributed by atoms with Gasteiger partial charge in [-0.3, -0.25) is 4.98 Å². The van der Waals surface area contributed by atoms with Crippen molar-refractivity contribution in [3.05, 3.63) is 36.7 Å². The van der Waals surface area contributed by atoms with E-state index in [2.05, 4.69) is 29.4 Å². The molecule has 0 fully saturated rings. The molecule has 0 bridgehead atoms. The lowest BCUT2D eigenvalue weighted by atomic mass is 10.1. The number of methoxy groups -OCH3 is 1. The molecule has 0 aliphatic rings. The average Bonchev–Trinajstić information content (AvgIpc) is 2.30. The Kier molecular flexibility index (Phi) is 3.37. The van der Waals surface area contributed by atoms with Crippen molar-refractivity contribution in [1.82, 2.24) is 4.98 Å². The second-order valence-electron chi connectivity index (χ2n) is 3.90. The smallest absolute Gasteiger partial charge is 0.0661 e. The van der Waals surface area contributed by atoms with Gasteiger partial charge in [0.2, 0.25) is 0 Å². The third-order valence-corrected chi connectivity index (χ3v) is 2.50. The number of anilines is 1. The van der Waals surface area contributed by atoms with Crippen LogP contribution in [-0.4, -0.2) is 24.7 Å². The molecule has 0 aliphatic heterocycles. The first-order valence-electron chi connectivity index (χ1n) is 5.39. The Morgan fingerprint density at radius 1 is 1.38 bits per heavy atom. The molecule has 2 rings (SSSR count). The summed E-state index contributed by atoms with van der Waals surface area (Å²) in [7, 11) is 1.71. The summed E-state index contributed by atoms with van der Waals surface area (Å²) in [6, 6.07) is 8.50. The van der Waals surface area contributed by atoms with Crippen molar-refractivity contribution in [2.75, 3.05) is 19.0 Å². The van der Waals surface area contributed by atoms with Gasteiger partial charge in [-0.2, -0.15) is 0 Å². The quantitative estimate of drug-likeness (QED) is 0.853. The fraction of sp³-hybridized carbons (Fsp3) is 0.308. The lowest BCUT2D eigenvalue weighted by molar-refractivity contribution is 0.190. The zero-order valence-corrected chi connectivity index (χ0v) is 9.60. The third-order valence-electron chi connectivity index (χ3n) is 2.50. The van der Waals surface area contributed by atoms with E-state index in [1.807, 2.05) is 24.5 Å². The maximum absolute atomic E-state index is 5.11. The van der Waals surface area contributed by atoms with Gasteiger partial charge in [-0.15, -0.1) is 0 Å². The lowest BCUT2D eigenvalue weighted by Gasteiger charge is -2.15. The molecule has 0 amide bonds. The Bertz CT molecular complexity index is 465. The molecule has 1 aromatic carbocycles. The van der Waals surface area contributed by atoms with E-state index in [0.717, 1.165) is 11.1 Å². The number of hydrogen-bond donors (Lipinski definition) is 1. The Hall–Kier alpha value is -1.61. The molecule has 1 aromatic heterocycles. The van der Waals surface area contributed by atoms with Gasteiger partial charge in [-0.05, 0) is 24.4 Å². The van der Waals surface area contributed by atoms with Crippen LogP contribution in [0.1, 0.15) is 6.92 Å². The molecule has 2 aromatic rings. The van der Waals surface area contributed by atoms with Crippen LogP contribution in [0.15, 0.2) is 36.7 Å². The first-order valence-corrected chi connectivity index (χ1v) is 5.39. The van der Waals surface area contributed by atoms with Crippen LogP contribution < -0.4 is 5.32 Å². The molecule has 0 aliphatic carbocycles. The Morgan fingerprint density at radius 3 is 3.06 bits per heavy atom. The van der Waals surface area contributed by atoms with Crippen molar-refractivity contribution in [3.8, 4) is 0 Å². The van der Waals surface area contributed by atoms with Crippen LogP contribution in [0.25, 0.3) is 10.8 Å². The predicted molar refractivity (Wildman–Crippen MR) is 66.7 cm³/mol. The summed E-state index contributed by atoms with van der Waals surface area (Å²) < 4.78 is 5.11. The van der Waals surface area contributed by atoms with Crippen molar-refractivity contribution >= 4 is 16.5 Å². The molecule has 84 valence electrons. The highest BCUT2D eigenvalue weighted by molar-refractivity contribution is 5.93. The molecule has 3 heteroatoms. The Morgan fingerprint density at radius 2 is 2.25 bits per heavy atom. The standard InChI is InChI=1S/C13H16N2O/c1-10(9-16-2)15-13-5-3-4-11-6-7-14-8-12(11)13/h3-8,10,15H,9H2,1-2H3. The van der Waals surface area contributed by atoms with Gasteiger partial charge in [0, 0.05) is 36.6 Å². The maximum atomic E-state index is 5.11. The Balaban J connectivity index is 2.30. The summed E-state index contributed by atoms with van der Waals surface area (Å²) in [5.41, 5.74) is 1.11. The fourth-order valence-electron chi connectivity index (χ4n) is 1.80. The second kappa shape index (κ2) is 4.94. The van der Waals surface area contributed by atoms with Crippen LogP contribution in [0.3, 0.4) is 0 Å². The van der Waals surface area contributed by atoms with E-state index in [1.54, 1.807) is 7.11 Å². The summed E-state index contributed by atoms with van der Waals surface area (Å²) in [5.74, 6) is 0. The van der Waals surface area contributed by atoms with Crippen molar-refractivity contribution < 1.29 is 4.74 Å². The number of aromatic nitrogens is 1. The number of ether oxygens (including phenoxy) is 1. The average molecular weight is 216 g/mol. The second-order valence-corrected chi connectivity index (χ2v) is 3.90. The van der Waals surface area contributed by atoms with Crippen LogP contribution in [0.4, 0.5) is 5.69 Å². The number of pyridine rings is 1. The summed E-state index contributed by atoms with van der Waals surface area (Å²) >= 11 is 0. The lowest BCUT2D eigenvalue weighted by Crippen LogP contribution is -2.20. The van der Waals surface area contributed by atoms with Gasteiger partial charge in [0.05, 0.1) is 6.61 Å². The molecule has 1 unspecified atom stereocenters. The molecular weight excluding hydrogens is 200 g/mol. The molecule has 0 spiro atoms. The molecular formula is C13H16N2O. The number of nitrogens with zero attached hydrogens (tertiary/aromatic N) is 1. The monoisotopic (exact) mass is 216 g/mol. The van der Waals surface area contributed by atoms with Gasteiger partial charge in [-0.25, -0.2) is 0 Å². The maximum Gasteiger partial charge on any atom is 0.0661 e. The van der Waals surface area contributed by atoms with Crippen molar-refractivity contribution in [1.29, 1.82) is 0 Å². The minimum absolute atomic E-state index is 0.288. The van der Waals surface area contributed by atoms with E-state index in [9.17, 15) is 0 Å². The molecule has 0 saturated carbocycles. The molecule has 16 heavy (non-hydrogen) atoms. The molecule has 1 heterocycles. The normalized spacial score (nSPS) is 12.6. The summed E-state index contributed by atoms with van der Waals surface area (Å²) in [6.45, 7) is 2.79. The SMILES string of the molecule is COCC(C)Nc1cccc2ccncc12. The Labute approximate surface area is 95.5 Å². The summed E-state index contributed by atoms with van der Waals surface area (Å²) in [4.78, 5) is 4.16. The highest BCUT2D eigenvalue weighted by atomic mass is 16.5. The van der Waals surface area contributed by atoms with Crippen LogP contribution in [0, 0.1) is 0 Å². The van der Waals surface area contributed by atoms with Gasteiger partial charge >= 0.3 is 0 Å². The van der Waals surface area contributed by atoms with Crippen LogP contribution >= 0.6 is 0 Å². The van der Waals surface area contributed by atoms with Gasteiger partial charge in [0.1, 0.15) is 0 Å². The highest BCUT2D eigenvalue weighted by Crippen LogP contribution is 2.22. The molecule has 3 nitrogen and oxygen atoms in total. The van der Waals surface area contributed by atoms with E-state index in [1.165, 1.54) is 5.39 Å². The highest BCUT2D eigenvalue weighted by Gasteiger charge is 2.04. The molecule has 1 atom stereocenters. The van der Waals surface area contributed by atoms with E-state index in [4.69, 9.17) is 4.74 Å². The van der Waals surface area contributed by atoms with E-state index in [-0.39, 0.29) is 6.04 Å². The third kappa shape index (κ3) is 2.31. The molecule has 0 radical (unpaired) electrons. The van der Waals surface area contributed by atoms with Gasteiger partial charge < -0.3 is 10.1 Å². The predicted octanol–water partition coefficient (Wildman–Crippen LogP) is 2.68. The number of benzene rings is 1. The number of rotatable bonds is 4. The van der Waals surface area contributed by atoms with E-state index >= 15 is 0 Å². The van der Waals surface area contributed by atoms with E-state index < -0.39 is 0 Å².